The predicted octanol–water partition coefficient (Wildman–Crippen LogP) is 4.94. The number of halogens is 1. The first kappa shape index (κ1) is 21.2. The summed E-state index contributed by atoms with van der Waals surface area (Å²) in [6, 6.07) is 20.9. The minimum absolute atomic E-state index is 0.158. The van der Waals surface area contributed by atoms with Crippen LogP contribution < -0.4 is 10.1 Å². The van der Waals surface area contributed by atoms with Crippen LogP contribution in [0.25, 0.3) is 22.0 Å². The lowest BCUT2D eigenvalue weighted by atomic mass is 10.0. The van der Waals surface area contributed by atoms with Crippen LogP contribution in [0.1, 0.15) is 15.9 Å². The summed E-state index contributed by atoms with van der Waals surface area (Å²) in [6.07, 6.45) is 2.45. The number of para-hydroxylation sites is 2. The number of amides is 1. The quantitative estimate of drug-likeness (QED) is 0.352. The number of fused-ring (bicyclic) bond motifs is 1. The summed E-state index contributed by atoms with van der Waals surface area (Å²) in [4.78, 5) is 16.3. The molecule has 0 radical (unpaired) electrons. The van der Waals surface area contributed by atoms with Crippen LogP contribution in [-0.4, -0.2) is 35.8 Å². The Morgan fingerprint density at radius 1 is 1.13 bits per heavy atom. The highest BCUT2D eigenvalue weighted by atomic mass is 79.9. The van der Waals surface area contributed by atoms with Gasteiger partial charge in [-0.1, -0.05) is 42.5 Å². The van der Waals surface area contributed by atoms with E-state index in [9.17, 15) is 9.90 Å². The number of aliphatic hydroxyl groups excluding tert-OH is 1. The first-order valence-corrected chi connectivity index (χ1v) is 10.8. The zero-order valence-corrected chi connectivity index (χ0v) is 18.6. The van der Waals surface area contributed by atoms with Crippen molar-refractivity contribution in [2.24, 2.45) is 0 Å². The number of nitrogens with one attached hydrogen (secondary N) is 2. The number of rotatable bonds is 7. The van der Waals surface area contributed by atoms with Crippen molar-refractivity contribution in [3.05, 3.63) is 88.5 Å². The predicted molar refractivity (Wildman–Crippen MR) is 126 cm³/mol. The summed E-state index contributed by atoms with van der Waals surface area (Å²) in [6.45, 7) is -0.158. The second-order valence-electron chi connectivity index (χ2n) is 7.31. The SMILES string of the molecule is COc1ccccc1-c1ccc(Br)c(C(=O)N[C@@H](CO)Cc2c[nH]c3ccccc23)c1. The van der Waals surface area contributed by atoms with Crippen LogP contribution in [0.4, 0.5) is 0 Å². The van der Waals surface area contributed by atoms with E-state index in [0.717, 1.165) is 33.3 Å². The highest BCUT2D eigenvalue weighted by molar-refractivity contribution is 9.10. The number of carbonyl (C=O) groups is 1. The van der Waals surface area contributed by atoms with Crippen molar-refractivity contribution in [3.8, 4) is 16.9 Å². The molecule has 0 fully saturated rings. The molecule has 1 aromatic heterocycles. The molecule has 0 bridgehead atoms. The standard InChI is InChI=1S/C25H23BrN2O3/c1-31-24-9-5-3-7-20(24)16-10-11-22(26)21(13-16)25(30)28-18(15-29)12-17-14-27-23-8-4-2-6-19(17)23/h2-11,13-14,18,27,29H,12,15H2,1H3,(H,28,30)/t18-/m1/s1. The number of aliphatic hydroxyl groups is 1. The topological polar surface area (TPSA) is 74.3 Å². The van der Waals surface area contributed by atoms with Gasteiger partial charge in [0, 0.05) is 27.1 Å². The molecular formula is C25H23BrN2O3. The summed E-state index contributed by atoms with van der Waals surface area (Å²) in [5, 5.41) is 14.0. The van der Waals surface area contributed by atoms with Gasteiger partial charge in [0.1, 0.15) is 5.75 Å². The third kappa shape index (κ3) is 4.50. The Hall–Kier alpha value is -3.09. The van der Waals surface area contributed by atoms with E-state index in [4.69, 9.17) is 4.74 Å². The number of hydrogen-bond donors (Lipinski definition) is 3. The fourth-order valence-corrected chi connectivity index (χ4v) is 4.17. The van der Waals surface area contributed by atoms with Crippen LogP contribution >= 0.6 is 15.9 Å². The van der Waals surface area contributed by atoms with E-state index < -0.39 is 6.04 Å². The molecule has 1 atom stereocenters. The molecule has 0 saturated carbocycles. The number of carbonyl (C=O) groups excluding carboxylic acids is 1. The molecule has 1 heterocycles. The van der Waals surface area contributed by atoms with Gasteiger partial charge in [0.05, 0.1) is 25.3 Å². The maximum Gasteiger partial charge on any atom is 0.252 e. The average molecular weight is 479 g/mol. The molecule has 0 aliphatic carbocycles. The molecule has 31 heavy (non-hydrogen) atoms. The molecule has 3 N–H and O–H groups in total. The molecule has 0 saturated heterocycles. The van der Waals surface area contributed by atoms with Gasteiger partial charge in [-0.15, -0.1) is 0 Å². The highest BCUT2D eigenvalue weighted by Crippen LogP contribution is 2.32. The lowest BCUT2D eigenvalue weighted by Gasteiger charge is -2.17. The van der Waals surface area contributed by atoms with Crippen LogP contribution in [-0.2, 0) is 6.42 Å². The van der Waals surface area contributed by atoms with Crippen LogP contribution in [0.5, 0.6) is 5.75 Å². The lowest BCUT2D eigenvalue weighted by molar-refractivity contribution is 0.0916. The number of H-pyrrole nitrogens is 1. The number of benzene rings is 3. The van der Waals surface area contributed by atoms with Gasteiger partial charge in [0.2, 0.25) is 0 Å². The van der Waals surface area contributed by atoms with Crippen molar-refractivity contribution in [1.29, 1.82) is 0 Å². The Morgan fingerprint density at radius 3 is 2.71 bits per heavy atom. The zero-order valence-electron chi connectivity index (χ0n) is 17.1. The first-order chi connectivity index (χ1) is 15.1. The van der Waals surface area contributed by atoms with Crippen molar-refractivity contribution in [2.75, 3.05) is 13.7 Å². The number of ether oxygens (including phenoxy) is 1. The van der Waals surface area contributed by atoms with Gasteiger partial charge in [0.15, 0.2) is 0 Å². The molecule has 4 rings (SSSR count). The Kier molecular flexibility index (Phi) is 6.39. The zero-order chi connectivity index (χ0) is 21.8. The van der Waals surface area contributed by atoms with Crippen molar-refractivity contribution < 1.29 is 14.6 Å². The second-order valence-corrected chi connectivity index (χ2v) is 8.17. The van der Waals surface area contributed by atoms with Gasteiger partial charge in [-0.05, 0) is 57.7 Å². The summed E-state index contributed by atoms with van der Waals surface area (Å²) in [5.74, 6) is 0.492. The smallest absolute Gasteiger partial charge is 0.252 e. The summed E-state index contributed by atoms with van der Waals surface area (Å²) < 4.78 is 6.15. The van der Waals surface area contributed by atoms with E-state index in [1.54, 1.807) is 7.11 Å². The molecule has 0 aliphatic rings. The number of aromatic amines is 1. The summed E-state index contributed by atoms with van der Waals surface area (Å²) in [7, 11) is 1.63. The van der Waals surface area contributed by atoms with E-state index >= 15 is 0 Å². The summed E-state index contributed by atoms with van der Waals surface area (Å²) >= 11 is 3.48. The highest BCUT2D eigenvalue weighted by Gasteiger charge is 2.18. The number of methoxy groups -OCH3 is 1. The lowest BCUT2D eigenvalue weighted by Crippen LogP contribution is -2.39. The van der Waals surface area contributed by atoms with Gasteiger partial charge in [-0.3, -0.25) is 4.79 Å². The first-order valence-electron chi connectivity index (χ1n) is 10.0. The van der Waals surface area contributed by atoms with Gasteiger partial charge >= 0.3 is 0 Å². The summed E-state index contributed by atoms with van der Waals surface area (Å²) in [5.41, 5.74) is 4.37. The molecule has 158 valence electrons. The normalized spacial score (nSPS) is 12.0. The van der Waals surface area contributed by atoms with E-state index in [0.29, 0.717) is 16.5 Å². The van der Waals surface area contributed by atoms with Crippen LogP contribution in [0.2, 0.25) is 0 Å². The molecule has 4 aromatic rings. The minimum atomic E-state index is -0.409. The molecule has 0 unspecified atom stereocenters. The molecule has 6 heteroatoms. The van der Waals surface area contributed by atoms with Crippen LogP contribution in [0.15, 0.2) is 77.4 Å². The fourth-order valence-electron chi connectivity index (χ4n) is 3.74. The largest absolute Gasteiger partial charge is 0.496 e. The molecule has 5 nitrogen and oxygen atoms in total. The van der Waals surface area contributed by atoms with Crippen molar-refractivity contribution in [2.45, 2.75) is 12.5 Å². The Labute approximate surface area is 189 Å². The number of aromatic nitrogens is 1. The van der Waals surface area contributed by atoms with E-state index in [1.165, 1.54) is 0 Å². The van der Waals surface area contributed by atoms with E-state index in [-0.39, 0.29) is 12.5 Å². The maximum absolute atomic E-state index is 13.1. The van der Waals surface area contributed by atoms with Crippen LogP contribution in [0, 0.1) is 0 Å². The molecule has 0 spiro atoms. The Morgan fingerprint density at radius 2 is 1.90 bits per heavy atom. The fraction of sp³-hybridized carbons (Fsp3) is 0.160. The molecule has 3 aromatic carbocycles. The number of hydrogen-bond acceptors (Lipinski definition) is 3. The van der Waals surface area contributed by atoms with Crippen molar-refractivity contribution in [1.82, 2.24) is 10.3 Å². The Bertz CT molecular complexity index is 1220. The second kappa shape index (κ2) is 9.37. The minimum Gasteiger partial charge on any atom is -0.496 e. The van der Waals surface area contributed by atoms with E-state index in [1.807, 2.05) is 72.9 Å². The molecule has 1 amide bonds. The molecule has 0 aliphatic heterocycles. The monoisotopic (exact) mass is 478 g/mol. The third-order valence-corrected chi connectivity index (χ3v) is 6.02. The molecular weight excluding hydrogens is 456 g/mol. The van der Waals surface area contributed by atoms with Gasteiger partial charge in [-0.2, -0.15) is 0 Å². The van der Waals surface area contributed by atoms with Crippen molar-refractivity contribution in [3.63, 3.8) is 0 Å². The van der Waals surface area contributed by atoms with Crippen LogP contribution in [0.3, 0.4) is 0 Å². The van der Waals surface area contributed by atoms with Gasteiger partial charge < -0.3 is 20.1 Å². The van der Waals surface area contributed by atoms with Gasteiger partial charge in [-0.25, -0.2) is 0 Å². The van der Waals surface area contributed by atoms with Crippen molar-refractivity contribution >= 4 is 32.7 Å². The van der Waals surface area contributed by atoms with E-state index in [2.05, 4.69) is 26.2 Å². The van der Waals surface area contributed by atoms with Gasteiger partial charge in [0.25, 0.3) is 5.91 Å². The Balaban J connectivity index is 1.57. The maximum atomic E-state index is 13.1. The average Bonchev–Trinajstić information content (AvgIpc) is 3.21. The third-order valence-electron chi connectivity index (χ3n) is 5.33.